The monoisotopic (exact) mass is 412 g/mol. The van der Waals surface area contributed by atoms with Crippen molar-refractivity contribution in [1.82, 2.24) is 19.2 Å². The Hall–Kier alpha value is -3.64. The van der Waals surface area contributed by atoms with Crippen molar-refractivity contribution in [2.45, 2.75) is 0 Å². The summed E-state index contributed by atoms with van der Waals surface area (Å²) in [5, 5.41) is 9.56. The minimum Gasteiger partial charge on any atom is -0.508 e. The van der Waals surface area contributed by atoms with E-state index in [0.717, 1.165) is 59.8 Å². The number of aromatic nitrogens is 2. The van der Waals surface area contributed by atoms with Gasteiger partial charge in [0.25, 0.3) is 5.91 Å². The molecule has 31 heavy (non-hydrogen) atoms. The molecule has 3 heterocycles. The van der Waals surface area contributed by atoms with Crippen LogP contribution in [0.2, 0.25) is 0 Å². The van der Waals surface area contributed by atoms with Gasteiger partial charge in [-0.05, 0) is 66.7 Å². The van der Waals surface area contributed by atoms with Gasteiger partial charge >= 0.3 is 0 Å². The number of amides is 1. The molecule has 1 saturated heterocycles. The van der Waals surface area contributed by atoms with Crippen LogP contribution < -0.4 is 0 Å². The number of hydrogen-bond acceptors (Lipinski definition) is 4. The van der Waals surface area contributed by atoms with Gasteiger partial charge in [0.15, 0.2) is 0 Å². The lowest BCUT2D eigenvalue weighted by Crippen LogP contribution is -2.47. The van der Waals surface area contributed by atoms with Gasteiger partial charge in [-0.2, -0.15) is 0 Å². The van der Waals surface area contributed by atoms with E-state index < -0.39 is 0 Å². The van der Waals surface area contributed by atoms with Crippen LogP contribution in [-0.2, 0) is 0 Å². The number of carbonyl (C=O) groups is 1. The quantitative estimate of drug-likeness (QED) is 0.557. The van der Waals surface area contributed by atoms with Crippen molar-refractivity contribution < 1.29 is 9.90 Å². The number of likely N-dealkylation sites (N-methyl/N-ethyl adjacent to an activating group) is 1. The van der Waals surface area contributed by atoms with Gasteiger partial charge in [-0.25, -0.2) is 4.98 Å². The predicted octanol–water partition coefficient (Wildman–Crippen LogP) is 3.76. The van der Waals surface area contributed by atoms with Crippen molar-refractivity contribution >= 4 is 11.6 Å². The van der Waals surface area contributed by atoms with Gasteiger partial charge in [0, 0.05) is 43.5 Å². The van der Waals surface area contributed by atoms with E-state index in [4.69, 9.17) is 0 Å². The highest BCUT2D eigenvalue weighted by atomic mass is 16.3. The molecular weight excluding hydrogens is 388 g/mol. The zero-order valence-corrected chi connectivity index (χ0v) is 17.4. The molecule has 0 aliphatic carbocycles. The maximum Gasteiger partial charge on any atom is 0.253 e. The first-order valence-corrected chi connectivity index (χ1v) is 10.4. The number of benzene rings is 2. The molecule has 1 N–H and O–H groups in total. The smallest absolute Gasteiger partial charge is 0.253 e. The average Bonchev–Trinajstić information content (AvgIpc) is 3.23. The van der Waals surface area contributed by atoms with Crippen LogP contribution in [0.4, 0.5) is 0 Å². The Labute approximate surface area is 181 Å². The summed E-state index contributed by atoms with van der Waals surface area (Å²) in [5.41, 5.74) is 5.61. The van der Waals surface area contributed by atoms with Gasteiger partial charge in [-0.15, -0.1) is 0 Å². The van der Waals surface area contributed by atoms with Crippen LogP contribution in [0.3, 0.4) is 0 Å². The lowest BCUT2D eigenvalue weighted by molar-refractivity contribution is 0.0664. The van der Waals surface area contributed by atoms with Crippen molar-refractivity contribution in [3.05, 3.63) is 78.6 Å². The molecule has 5 rings (SSSR count). The zero-order chi connectivity index (χ0) is 21.4. The molecule has 0 spiro atoms. The number of phenolic OH excluding ortho intramolecular Hbond substituents is 1. The lowest BCUT2D eigenvalue weighted by Gasteiger charge is -2.32. The highest BCUT2D eigenvalue weighted by Gasteiger charge is 2.20. The van der Waals surface area contributed by atoms with Gasteiger partial charge in [-0.1, -0.05) is 12.1 Å². The fourth-order valence-electron chi connectivity index (χ4n) is 3.99. The number of rotatable bonds is 3. The van der Waals surface area contributed by atoms with Crippen LogP contribution in [0.25, 0.3) is 28.0 Å². The van der Waals surface area contributed by atoms with E-state index >= 15 is 0 Å². The largest absolute Gasteiger partial charge is 0.508 e. The molecule has 0 bridgehead atoms. The Bertz CT molecular complexity index is 1220. The van der Waals surface area contributed by atoms with Gasteiger partial charge < -0.3 is 14.9 Å². The van der Waals surface area contributed by atoms with E-state index in [-0.39, 0.29) is 11.7 Å². The third-order valence-corrected chi connectivity index (χ3v) is 5.92. The third kappa shape index (κ3) is 3.78. The topological polar surface area (TPSA) is 61.1 Å². The summed E-state index contributed by atoms with van der Waals surface area (Å²) >= 11 is 0. The molecule has 0 atom stereocenters. The van der Waals surface area contributed by atoms with E-state index in [9.17, 15) is 9.90 Å². The second kappa shape index (κ2) is 7.89. The Morgan fingerprint density at radius 2 is 1.48 bits per heavy atom. The number of aromatic hydroxyl groups is 1. The normalized spacial score (nSPS) is 14.8. The molecule has 0 unspecified atom stereocenters. The van der Waals surface area contributed by atoms with Crippen LogP contribution in [-0.4, -0.2) is 63.4 Å². The van der Waals surface area contributed by atoms with Gasteiger partial charge in [0.1, 0.15) is 11.4 Å². The predicted molar refractivity (Wildman–Crippen MR) is 121 cm³/mol. The average molecular weight is 412 g/mol. The highest BCUT2D eigenvalue weighted by Crippen LogP contribution is 2.26. The summed E-state index contributed by atoms with van der Waals surface area (Å²) in [6.07, 6.45) is 3.89. The number of pyridine rings is 1. The molecule has 6 heteroatoms. The highest BCUT2D eigenvalue weighted by molar-refractivity contribution is 5.94. The van der Waals surface area contributed by atoms with Crippen molar-refractivity contribution in [2.75, 3.05) is 33.2 Å². The minimum absolute atomic E-state index is 0.0966. The summed E-state index contributed by atoms with van der Waals surface area (Å²) in [7, 11) is 2.08. The standard InChI is InChI=1S/C25H24N4O2/c1-27-12-14-28(15-13-27)25(31)20-4-2-18(3-5-20)21-8-11-24-26-16-23(29(24)17-21)19-6-9-22(30)10-7-19/h2-11,16-17,30H,12-15H2,1H3. The molecule has 1 aliphatic heterocycles. The Kier molecular flexibility index (Phi) is 4.92. The molecule has 156 valence electrons. The number of nitrogens with zero attached hydrogens (tertiary/aromatic N) is 4. The Balaban J connectivity index is 1.42. The van der Waals surface area contributed by atoms with Crippen LogP contribution >= 0.6 is 0 Å². The number of carbonyl (C=O) groups excluding carboxylic acids is 1. The van der Waals surface area contributed by atoms with Crippen molar-refractivity contribution in [3.63, 3.8) is 0 Å². The summed E-state index contributed by atoms with van der Waals surface area (Å²) in [6, 6.07) is 19.0. The second-order valence-corrected chi connectivity index (χ2v) is 8.01. The fourth-order valence-corrected chi connectivity index (χ4v) is 3.99. The van der Waals surface area contributed by atoms with Gasteiger partial charge in [0.05, 0.1) is 11.9 Å². The van der Waals surface area contributed by atoms with E-state index in [0.29, 0.717) is 0 Å². The first-order chi connectivity index (χ1) is 15.1. The van der Waals surface area contributed by atoms with Crippen LogP contribution in [0.1, 0.15) is 10.4 Å². The number of imidazole rings is 1. The van der Waals surface area contributed by atoms with E-state index in [1.54, 1.807) is 12.1 Å². The molecular formula is C25H24N4O2. The minimum atomic E-state index is 0.0966. The molecule has 4 aromatic rings. The molecule has 1 aliphatic rings. The van der Waals surface area contributed by atoms with Crippen LogP contribution in [0.5, 0.6) is 5.75 Å². The lowest BCUT2D eigenvalue weighted by atomic mass is 10.0. The Morgan fingerprint density at radius 3 is 2.19 bits per heavy atom. The van der Waals surface area contributed by atoms with E-state index in [2.05, 4.69) is 23.1 Å². The molecule has 6 nitrogen and oxygen atoms in total. The third-order valence-electron chi connectivity index (χ3n) is 5.92. The maximum atomic E-state index is 12.8. The van der Waals surface area contributed by atoms with Gasteiger partial charge in [-0.3, -0.25) is 9.20 Å². The molecule has 1 fully saturated rings. The zero-order valence-electron chi connectivity index (χ0n) is 17.4. The SMILES string of the molecule is CN1CCN(C(=O)c2ccc(-c3ccc4ncc(-c5ccc(O)cc5)n4c3)cc2)CC1. The maximum absolute atomic E-state index is 12.8. The first-order valence-electron chi connectivity index (χ1n) is 10.4. The number of phenols is 1. The summed E-state index contributed by atoms with van der Waals surface area (Å²) in [6.45, 7) is 3.37. The fraction of sp³-hybridized carbons (Fsp3) is 0.200. The van der Waals surface area contributed by atoms with E-state index in [1.165, 1.54) is 0 Å². The first kappa shape index (κ1) is 19.3. The van der Waals surface area contributed by atoms with Crippen LogP contribution in [0, 0.1) is 0 Å². The molecule has 0 radical (unpaired) electrons. The van der Waals surface area contributed by atoms with Crippen molar-refractivity contribution in [3.8, 4) is 28.1 Å². The van der Waals surface area contributed by atoms with Gasteiger partial charge in [0.2, 0.25) is 0 Å². The summed E-state index contributed by atoms with van der Waals surface area (Å²) in [4.78, 5) is 21.5. The second-order valence-electron chi connectivity index (χ2n) is 8.01. The summed E-state index contributed by atoms with van der Waals surface area (Å²) in [5.74, 6) is 0.337. The number of fused-ring (bicyclic) bond motifs is 1. The molecule has 2 aromatic carbocycles. The Morgan fingerprint density at radius 1 is 0.839 bits per heavy atom. The van der Waals surface area contributed by atoms with E-state index in [1.807, 2.05) is 64.0 Å². The molecule has 1 amide bonds. The van der Waals surface area contributed by atoms with Crippen LogP contribution in [0.15, 0.2) is 73.1 Å². The summed E-state index contributed by atoms with van der Waals surface area (Å²) < 4.78 is 2.05. The molecule has 2 aromatic heterocycles. The van der Waals surface area contributed by atoms with Crippen molar-refractivity contribution in [2.24, 2.45) is 0 Å². The number of hydrogen-bond donors (Lipinski definition) is 1. The van der Waals surface area contributed by atoms with Crippen molar-refractivity contribution in [1.29, 1.82) is 0 Å². The number of piperazine rings is 1. The molecule has 0 saturated carbocycles.